The van der Waals surface area contributed by atoms with Crippen LogP contribution in [0.5, 0.6) is 17.2 Å². The van der Waals surface area contributed by atoms with E-state index >= 15 is 0 Å². The maximum atomic E-state index is 12.7. The van der Waals surface area contributed by atoms with E-state index in [9.17, 15) is 18.0 Å². The number of fused-ring (bicyclic) bond motifs is 1. The number of ether oxygens (including phenoxy) is 3. The van der Waals surface area contributed by atoms with Crippen LogP contribution in [0.2, 0.25) is 0 Å². The number of anilines is 2. The van der Waals surface area contributed by atoms with Gasteiger partial charge in [0.15, 0.2) is 5.69 Å². The molecule has 1 saturated heterocycles. The molecule has 3 N–H and O–H groups in total. The number of piperidine rings is 1. The highest BCUT2D eigenvalue weighted by Gasteiger charge is 2.22. The molecule has 256 valence electrons. The Balaban J connectivity index is 1.10. The number of aryl methyl sites for hydroxylation is 1. The lowest BCUT2D eigenvalue weighted by Crippen LogP contribution is -2.38. The lowest BCUT2D eigenvalue weighted by atomic mass is 10.0. The Hall–Kier alpha value is -5.41. The number of nitrogens with one attached hydrogen (secondary N) is 2. The number of nitrogens with zero attached hydrogens (tertiary/aromatic N) is 4. The number of aromatic carboxylic acids is 1. The standard InChI is InChI=1S/C34H36N6O8S/c1-3-49(44,45)38-22-7-8-30(27(17-22)28-21-39(2)33(41)32-26(28)9-12-35-32)48-25-6-4-5-24(18-25)47-16-15-46-23-10-13-40(14-11-23)31-20-36-29(19-37-31)34(42)43/h4-9,12,17-21,23,35,38H,3,10-11,13-16H2,1-2H3,(H,42,43). The molecule has 4 heterocycles. The van der Waals surface area contributed by atoms with Crippen molar-refractivity contribution >= 4 is 38.4 Å². The molecule has 0 aliphatic carbocycles. The summed E-state index contributed by atoms with van der Waals surface area (Å²) in [5, 5.41) is 9.70. The Morgan fingerprint density at radius 1 is 1.04 bits per heavy atom. The topological polar surface area (TPSA) is 178 Å². The molecule has 0 amide bonds. The number of benzene rings is 2. The van der Waals surface area contributed by atoms with Gasteiger partial charge in [-0.2, -0.15) is 0 Å². The Labute approximate surface area is 282 Å². The van der Waals surface area contributed by atoms with Crippen molar-refractivity contribution in [3.05, 3.63) is 89.4 Å². The SMILES string of the molecule is CCS(=O)(=O)Nc1ccc(Oc2cccc(OCCOC3CCN(c4cnc(C(=O)O)cn4)CC3)c2)c(-c2cn(C)c(=O)c3[nH]ccc23)c1. The number of carboxylic acid groups (broad SMARTS) is 1. The lowest BCUT2D eigenvalue weighted by Gasteiger charge is -2.32. The molecule has 0 bridgehead atoms. The number of carbonyl (C=O) groups is 1. The van der Waals surface area contributed by atoms with Gasteiger partial charge in [-0.3, -0.25) is 9.52 Å². The van der Waals surface area contributed by atoms with Crippen molar-refractivity contribution in [2.75, 3.05) is 41.7 Å². The summed E-state index contributed by atoms with van der Waals surface area (Å²) in [6.07, 6.45) is 7.78. The van der Waals surface area contributed by atoms with Gasteiger partial charge in [0.2, 0.25) is 10.0 Å². The zero-order chi connectivity index (χ0) is 34.5. The minimum atomic E-state index is -3.53. The van der Waals surface area contributed by atoms with Gasteiger partial charge in [0, 0.05) is 60.8 Å². The quantitative estimate of drug-likeness (QED) is 0.147. The number of pyridine rings is 1. The molecule has 1 fully saturated rings. The summed E-state index contributed by atoms with van der Waals surface area (Å²) < 4.78 is 47.2. The van der Waals surface area contributed by atoms with Crippen LogP contribution in [0.3, 0.4) is 0 Å². The van der Waals surface area contributed by atoms with E-state index in [1.165, 1.54) is 17.0 Å². The Kier molecular flexibility index (Phi) is 9.82. The van der Waals surface area contributed by atoms with E-state index in [2.05, 4.69) is 24.6 Å². The second-order valence-electron chi connectivity index (χ2n) is 11.5. The zero-order valence-corrected chi connectivity index (χ0v) is 27.8. The summed E-state index contributed by atoms with van der Waals surface area (Å²) >= 11 is 0. The van der Waals surface area contributed by atoms with Crippen LogP contribution in [0.15, 0.2) is 78.1 Å². The Morgan fingerprint density at radius 3 is 2.57 bits per heavy atom. The molecule has 6 rings (SSSR count). The zero-order valence-electron chi connectivity index (χ0n) is 27.0. The smallest absolute Gasteiger partial charge is 0.356 e. The number of rotatable bonds is 13. The number of H-pyrrole nitrogens is 1. The largest absolute Gasteiger partial charge is 0.491 e. The van der Waals surface area contributed by atoms with Gasteiger partial charge in [0.25, 0.3) is 5.56 Å². The molecule has 1 aliphatic rings. The summed E-state index contributed by atoms with van der Waals surface area (Å²) in [4.78, 5) is 37.0. The van der Waals surface area contributed by atoms with Gasteiger partial charge in [-0.15, -0.1) is 0 Å². The molecule has 2 aromatic carbocycles. The number of hydrogen-bond acceptors (Lipinski definition) is 10. The minimum absolute atomic E-state index is 0.0629. The molecule has 0 spiro atoms. The van der Waals surface area contributed by atoms with Crippen LogP contribution in [0.4, 0.5) is 11.5 Å². The van der Waals surface area contributed by atoms with E-state index in [0.29, 0.717) is 77.1 Å². The maximum Gasteiger partial charge on any atom is 0.356 e. The number of carboxylic acids is 1. The molecular formula is C34H36N6O8S. The molecule has 0 unspecified atom stereocenters. The summed E-state index contributed by atoms with van der Waals surface area (Å²) in [6.45, 7) is 3.71. The molecule has 14 nitrogen and oxygen atoms in total. The molecule has 0 radical (unpaired) electrons. The van der Waals surface area contributed by atoms with Crippen molar-refractivity contribution in [1.29, 1.82) is 0 Å². The average Bonchev–Trinajstić information content (AvgIpc) is 3.60. The Morgan fingerprint density at radius 2 is 1.84 bits per heavy atom. The highest BCUT2D eigenvalue weighted by atomic mass is 32.2. The number of hydrogen-bond donors (Lipinski definition) is 3. The molecule has 0 saturated carbocycles. The van der Waals surface area contributed by atoms with Crippen LogP contribution in [0, 0.1) is 0 Å². The molecule has 3 aromatic heterocycles. The summed E-state index contributed by atoms with van der Waals surface area (Å²) in [6, 6.07) is 14.0. The molecular weight excluding hydrogens is 652 g/mol. The van der Waals surface area contributed by atoms with E-state index < -0.39 is 16.0 Å². The Bertz CT molecular complexity index is 2120. The lowest BCUT2D eigenvalue weighted by molar-refractivity contribution is 0.0202. The van der Waals surface area contributed by atoms with Crippen LogP contribution < -0.4 is 24.7 Å². The second-order valence-corrected chi connectivity index (χ2v) is 13.5. The third-order valence-electron chi connectivity index (χ3n) is 8.18. The van der Waals surface area contributed by atoms with Crippen molar-refractivity contribution in [3.63, 3.8) is 0 Å². The molecule has 49 heavy (non-hydrogen) atoms. The van der Waals surface area contributed by atoms with E-state index in [1.54, 1.807) is 62.8 Å². The normalized spacial score (nSPS) is 13.8. The monoisotopic (exact) mass is 688 g/mol. The first-order chi connectivity index (χ1) is 23.6. The van der Waals surface area contributed by atoms with Crippen LogP contribution >= 0.6 is 0 Å². The fraction of sp³-hybridized carbons (Fsp3) is 0.294. The third-order valence-corrected chi connectivity index (χ3v) is 9.49. The minimum Gasteiger partial charge on any atom is -0.491 e. The average molecular weight is 689 g/mol. The number of sulfonamides is 1. The van der Waals surface area contributed by atoms with Crippen molar-refractivity contribution in [2.24, 2.45) is 7.05 Å². The summed E-state index contributed by atoms with van der Waals surface area (Å²) in [7, 11) is -1.88. The molecule has 5 aromatic rings. The van der Waals surface area contributed by atoms with E-state index in [-0.39, 0.29) is 23.1 Å². The van der Waals surface area contributed by atoms with Crippen LogP contribution in [-0.4, -0.2) is 77.2 Å². The van der Waals surface area contributed by atoms with Gasteiger partial charge in [0.1, 0.15) is 35.2 Å². The highest BCUT2D eigenvalue weighted by molar-refractivity contribution is 7.92. The number of aromatic nitrogens is 4. The van der Waals surface area contributed by atoms with Crippen molar-refractivity contribution in [3.8, 4) is 28.4 Å². The first-order valence-electron chi connectivity index (χ1n) is 15.7. The molecule has 0 atom stereocenters. The predicted octanol–water partition coefficient (Wildman–Crippen LogP) is 4.64. The maximum absolute atomic E-state index is 12.7. The van der Waals surface area contributed by atoms with E-state index in [4.69, 9.17) is 19.3 Å². The van der Waals surface area contributed by atoms with Gasteiger partial charge < -0.3 is 33.8 Å². The fourth-order valence-corrected chi connectivity index (χ4v) is 6.23. The van der Waals surface area contributed by atoms with Gasteiger partial charge in [-0.05, 0) is 56.2 Å². The van der Waals surface area contributed by atoms with Gasteiger partial charge in [-0.1, -0.05) is 6.07 Å². The molecule has 1 aliphatic heterocycles. The van der Waals surface area contributed by atoms with Crippen LogP contribution in [0.1, 0.15) is 30.3 Å². The highest BCUT2D eigenvalue weighted by Crippen LogP contribution is 2.39. The van der Waals surface area contributed by atoms with E-state index in [0.717, 1.165) is 12.8 Å². The fourth-order valence-electron chi connectivity index (χ4n) is 5.60. The van der Waals surface area contributed by atoms with Crippen molar-refractivity contribution in [2.45, 2.75) is 25.9 Å². The van der Waals surface area contributed by atoms with Gasteiger partial charge in [-0.25, -0.2) is 23.2 Å². The summed E-state index contributed by atoms with van der Waals surface area (Å²) in [5.41, 5.74) is 1.80. The van der Waals surface area contributed by atoms with Gasteiger partial charge >= 0.3 is 5.97 Å². The van der Waals surface area contributed by atoms with E-state index in [1.807, 2.05) is 12.1 Å². The van der Waals surface area contributed by atoms with Crippen LogP contribution in [-0.2, 0) is 21.8 Å². The first kappa shape index (κ1) is 33.5. The summed E-state index contributed by atoms with van der Waals surface area (Å²) in [5.74, 6) is 1.000. The third kappa shape index (κ3) is 7.84. The number of aromatic amines is 1. The van der Waals surface area contributed by atoms with Crippen molar-refractivity contribution < 1.29 is 32.5 Å². The second kappa shape index (κ2) is 14.4. The predicted molar refractivity (Wildman–Crippen MR) is 184 cm³/mol. The van der Waals surface area contributed by atoms with Crippen LogP contribution in [0.25, 0.3) is 22.0 Å². The van der Waals surface area contributed by atoms with Crippen molar-refractivity contribution in [1.82, 2.24) is 19.5 Å². The molecule has 15 heteroatoms. The van der Waals surface area contributed by atoms with Gasteiger partial charge in [0.05, 0.1) is 30.9 Å². The first-order valence-corrected chi connectivity index (χ1v) is 17.4.